The maximum absolute atomic E-state index is 11.9. The molecule has 4 heteroatoms. The fraction of sp³-hybridized carbons (Fsp3) is 0.250. The first-order valence-corrected chi connectivity index (χ1v) is 6.60. The number of carbonyl (C=O) groups is 1. The largest absolute Gasteiger partial charge is 0.469 e. The van der Waals surface area contributed by atoms with Gasteiger partial charge in [-0.25, -0.2) is 5.43 Å². The molecule has 0 unspecified atom stereocenters. The van der Waals surface area contributed by atoms with Gasteiger partial charge in [0.1, 0.15) is 5.76 Å². The van der Waals surface area contributed by atoms with E-state index in [0.29, 0.717) is 11.3 Å². The van der Waals surface area contributed by atoms with Crippen LogP contribution in [-0.2, 0) is 6.42 Å². The van der Waals surface area contributed by atoms with Gasteiger partial charge >= 0.3 is 0 Å². The highest BCUT2D eigenvalue weighted by molar-refractivity contribution is 6.01. The van der Waals surface area contributed by atoms with E-state index in [1.807, 2.05) is 19.1 Å². The highest BCUT2D eigenvalue weighted by Gasteiger charge is 2.10. The summed E-state index contributed by atoms with van der Waals surface area (Å²) >= 11 is 0. The van der Waals surface area contributed by atoms with Crippen molar-refractivity contribution in [1.29, 1.82) is 0 Å². The van der Waals surface area contributed by atoms with Gasteiger partial charge in [-0.3, -0.25) is 4.79 Å². The second-order valence-electron chi connectivity index (χ2n) is 4.58. The SMILES string of the molecule is CCc1ccc(/C(C)=N\NC(=O)c2ccoc2C)cc1. The fourth-order valence-electron chi connectivity index (χ4n) is 1.86. The molecule has 1 amide bonds. The smallest absolute Gasteiger partial charge is 0.274 e. The lowest BCUT2D eigenvalue weighted by Crippen LogP contribution is -2.19. The highest BCUT2D eigenvalue weighted by atomic mass is 16.3. The molecule has 0 atom stereocenters. The lowest BCUT2D eigenvalue weighted by Gasteiger charge is -2.03. The number of hydrogen-bond acceptors (Lipinski definition) is 3. The van der Waals surface area contributed by atoms with Crippen molar-refractivity contribution in [2.75, 3.05) is 0 Å². The average Bonchev–Trinajstić information content (AvgIpc) is 2.90. The van der Waals surface area contributed by atoms with Gasteiger partial charge in [-0.05, 0) is 37.5 Å². The van der Waals surface area contributed by atoms with Crippen LogP contribution in [-0.4, -0.2) is 11.6 Å². The van der Waals surface area contributed by atoms with Crippen LogP contribution < -0.4 is 5.43 Å². The Balaban J connectivity index is 2.07. The summed E-state index contributed by atoms with van der Waals surface area (Å²) in [7, 11) is 0. The number of nitrogens with one attached hydrogen (secondary N) is 1. The van der Waals surface area contributed by atoms with Crippen molar-refractivity contribution < 1.29 is 9.21 Å². The number of benzene rings is 1. The molecule has 0 fully saturated rings. The zero-order chi connectivity index (χ0) is 14.5. The van der Waals surface area contributed by atoms with Crippen molar-refractivity contribution in [3.05, 3.63) is 59.0 Å². The predicted molar refractivity (Wildman–Crippen MR) is 78.9 cm³/mol. The molecule has 1 aromatic heterocycles. The molecule has 0 saturated heterocycles. The molecule has 20 heavy (non-hydrogen) atoms. The Morgan fingerprint density at radius 3 is 2.50 bits per heavy atom. The number of hydrogen-bond donors (Lipinski definition) is 1. The molecule has 1 heterocycles. The topological polar surface area (TPSA) is 54.6 Å². The fourth-order valence-corrected chi connectivity index (χ4v) is 1.86. The van der Waals surface area contributed by atoms with Crippen LogP contribution in [0.5, 0.6) is 0 Å². The van der Waals surface area contributed by atoms with E-state index >= 15 is 0 Å². The van der Waals surface area contributed by atoms with E-state index in [1.54, 1.807) is 13.0 Å². The molecular formula is C16H18N2O2. The molecule has 2 rings (SSSR count). The first kappa shape index (κ1) is 14.1. The third-order valence-corrected chi connectivity index (χ3v) is 3.21. The van der Waals surface area contributed by atoms with Crippen LogP contribution in [0.4, 0.5) is 0 Å². The van der Waals surface area contributed by atoms with E-state index in [0.717, 1.165) is 17.7 Å². The molecule has 0 aliphatic heterocycles. The standard InChI is InChI=1S/C16H18N2O2/c1-4-13-5-7-14(8-6-13)11(2)17-18-16(19)15-9-10-20-12(15)3/h5-10H,4H2,1-3H3,(H,18,19)/b17-11-. The minimum Gasteiger partial charge on any atom is -0.469 e. The third-order valence-electron chi connectivity index (χ3n) is 3.21. The Hall–Kier alpha value is -2.36. The lowest BCUT2D eigenvalue weighted by molar-refractivity contribution is 0.0953. The molecular weight excluding hydrogens is 252 g/mol. The van der Waals surface area contributed by atoms with Crippen molar-refractivity contribution in [1.82, 2.24) is 5.43 Å². The summed E-state index contributed by atoms with van der Waals surface area (Å²) in [6.45, 7) is 5.72. The molecule has 0 saturated carbocycles. The molecule has 1 aromatic carbocycles. The lowest BCUT2D eigenvalue weighted by atomic mass is 10.1. The van der Waals surface area contributed by atoms with Crippen LogP contribution in [0.25, 0.3) is 0 Å². The normalized spacial score (nSPS) is 11.4. The summed E-state index contributed by atoms with van der Waals surface area (Å²) < 4.78 is 5.09. The Morgan fingerprint density at radius 1 is 1.25 bits per heavy atom. The summed E-state index contributed by atoms with van der Waals surface area (Å²) in [5.74, 6) is 0.323. The van der Waals surface area contributed by atoms with E-state index in [4.69, 9.17) is 4.42 Å². The molecule has 104 valence electrons. The number of amides is 1. The maximum Gasteiger partial charge on any atom is 0.274 e. The van der Waals surface area contributed by atoms with E-state index in [1.165, 1.54) is 11.8 Å². The van der Waals surface area contributed by atoms with Gasteiger partial charge in [0.25, 0.3) is 5.91 Å². The zero-order valence-electron chi connectivity index (χ0n) is 11.9. The molecule has 0 radical (unpaired) electrons. The molecule has 0 bridgehead atoms. The van der Waals surface area contributed by atoms with Crippen LogP contribution >= 0.6 is 0 Å². The van der Waals surface area contributed by atoms with Crippen LogP contribution in [0.3, 0.4) is 0 Å². The average molecular weight is 270 g/mol. The number of furan rings is 1. The van der Waals surface area contributed by atoms with Gasteiger partial charge in [0.2, 0.25) is 0 Å². The minimum absolute atomic E-state index is 0.263. The zero-order valence-corrected chi connectivity index (χ0v) is 11.9. The number of carbonyl (C=O) groups excluding carboxylic acids is 1. The number of hydrazone groups is 1. The monoisotopic (exact) mass is 270 g/mol. The van der Waals surface area contributed by atoms with E-state index in [9.17, 15) is 4.79 Å². The molecule has 1 N–H and O–H groups in total. The molecule has 0 aliphatic carbocycles. The number of rotatable bonds is 4. The number of nitrogens with zero attached hydrogens (tertiary/aromatic N) is 1. The Labute approximate surface area is 118 Å². The first-order chi connectivity index (χ1) is 9.61. The van der Waals surface area contributed by atoms with Gasteiger partial charge in [0.05, 0.1) is 17.5 Å². The van der Waals surface area contributed by atoms with Crippen LogP contribution in [0.1, 0.15) is 41.1 Å². The van der Waals surface area contributed by atoms with E-state index < -0.39 is 0 Å². The summed E-state index contributed by atoms with van der Waals surface area (Å²) in [6.07, 6.45) is 2.50. The molecule has 0 aliphatic rings. The van der Waals surface area contributed by atoms with Gasteiger partial charge in [-0.2, -0.15) is 5.10 Å². The summed E-state index contributed by atoms with van der Waals surface area (Å²) in [6, 6.07) is 9.78. The van der Waals surface area contributed by atoms with Gasteiger partial charge in [-0.1, -0.05) is 31.2 Å². The van der Waals surface area contributed by atoms with Gasteiger partial charge in [0.15, 0.2) is 0 Å². The summed E-state index contributed by atoms with van der Waals surface area (Å²) in [5.41, 5.74) is 6.08. The summed E-state index contributed by atoms with van der Waals surface area (Å²) in [4.78, 5) is 11.9. The predicted octanol–water partition coefficient (Wildman–Crippen LogP) is 3.30. The summed E-state index contributed by atoms with van der Waals surface area (Å²) in [5, 5.41) is 4.12. The molecule has 4 nitrogen and oxygen atoms in total. The Kier molecular flexibility index (Phi) is 4.35. The third kappa shape index (κ3) is 3.15. The maximum atomic E-state index is 11.9. The van der Waals surface area contributed by atoms with Gasteiger partial charge in [-0.15, -0.1) is 0 Å². The van der Waals surface area contributed by atoms with E-state index in [-0.39, 0.29) is 5.91 Å². The first-order valence-electron chi connectivity index (χ1n) is 6.60. The Bertz CT molecular complexity index is 624. The van der Waals surface area contributed by atoms with Crippen molar-refractivity contribution in [2.24, 2.45) is 5.10 Å². The van der Waals surface area contributed by atoms with Crippen LogP contribution in [0, 0.1) is 6.92 Å². The van der Waals surface area contributed by atoms with Crippen LogP contribution in [0.2, 0.25) is 0 Å². The second kappa shape index (κ2) is 6.19. The highest BCUT2D eigenvalue weighted by Crippen LogP contribution is 2.09. The second-order valence-corrected chi connectivity index (χ2v) is 4.58. The quantitative estimate of drug-likeness (QED) is 0.684. The van der Waals surface area contributed by atoms with Crippen LogP contribution in [0.15, 0.2) is 46.1 Å². The molecule has 0 spiro atoms. The molecule has 2 aromatic rings. The van der Waals surface area contributed by atoms with E-state index in [2.05, 4.69) is 29.6 Å². The number of aryl methyl sites for hydroxylation is 2. The van der Waals surface area contributed by atoms with Crippen molar-refractivity contribution in [2.45, 2.75) is 27.2 Å². The van der Waals surface area contributed by atoms with Gasteiger partial charge < -0.3 is 4.42 Å². The Morgan fingerprint density at radius 2 is 1.95 bits per heavy atom. The van der Waals surface area contributed by atoms with Gasteiger partial charge in [0, 0.05) is 0 Å². The van der Waals surface area contributed by atoms with Crippen molar-refractivity contribution in [3.8, 4) is 0 Å². The van der Waals surface area contributed by atoms with Crippen molar-refractivity contribution >= 4 is 11.6 Å². The van der Waals surface area contributed by atoms with Crippen molar-refractivity contribution in [3.63, 3.8) is 0 Å². The minimum atomic E-state index is -0.263.